The van der Waals surface area contributed by atoms with E-state index in [-0.39, 0.29) is 24.2 Å². The molecule has 1 aliphatic carbocycles. The third-order valence-corrected chi connectivity index (χ3v) is 5.35. The molecule has 27 heavy (non-hydrogen) atoms. The van der Waals surface area contributed by atoms with E-state index in [0.717, 1.165) is 44.8 Å². The van der Waals surface area contributed by atoms with Gasteiger partial charge in [0.05, 0.1) is 11.7 Å². The first-order chi connectivity index (χ1) is 12.8. The number of urea groups is 1. The number of ether oxygens (including phenoxy) is 1. The number of carbonyl (C=O) groups is 1. The number of halogens is 3. The van der Waals surface area contributed by atoms with E-state index in [1.165, 1.54) is 12.1 Å². The highest BCUT2D eigenvalue weighted by Crippen LogP contribution is 2.30. The Morgan fingerprint density at radius 2 is 1.85 bits per heavy atom. The van der Waals surface area contributed by atoms with Crippen molar-refractivity contribution in [2.45, 2.75) is 56.6 Å². The molecule has 0 atom stereocenters. The number of carbonyl (C=O) groups excluding carboxylic acids is 1. The zero-order valence-electron chi connectivity index (χ0n) is 15.4. The fraction of sp³-hybridized carbons (Fsp3) is 0.632. The average molecular weight is 385 g/mol. The molecule has 150 valence electrons. The first-order valence-corrected chi connectivity index (χ1v) is 9.32. The molecule has 2 N–H and O–H groups in total. The maximum absolute atomic E-state index is 12.8. The van der Waals surface area contributed by atoms with Crippen molar-refractivity contribution in [3.8, 4) is 0 Å². The smallest absolute Gasteiger partial charge is 0.381 e. The van der Waals surface area contributed by atoms with Crippen LogP contribution in [0, 0.1) is 0 Å². The Balaban J connectivity index is 1.39. The summed E-state index contributed by atoms with van der Waals surface area (Å²) < 4.78 is 43.6. The number of benzene rings is 1. The van der Waals surface area contributed by atoms with Gasteiger partial charge in [-0.1, -0.05) is 18.2 Å². The van der Waals surface area contributed by atoms with Crippen molar-refractivity contribution in [2.24, 2.45) is 0 Å². The molecule has 0 bridgehead atoms. The van der Waals surface area contributed by atoms with Crippen LogP contribution < -0.4 is 10.6 Å². The minimum Gasteiger partial charge on any atom is -0.381 e. The summed E-state index contributed by atoms with van der Waals surface area (Å²) in [7, 11) is 1.67. The summed E-state index contributed by atoms with van der Waals surface area (Å²) in [6, 6.07) is 5.60. The number of nitrogens with zero attached hydrogens (tertiary/aromatic N) is 1. The first-order valence-electron chi connectivity index (χ1n) is 9.32. The van der Waals surface area contributed by atoms with Crippen LogP contribution in [0.3, 0.4) is 0 Å². The molecule has 0 radical (unpaired) electrons. The molecule has 8 heteroatoms. The highest BCUT2D eigenvalue weighted by atomic mass is 19.4. The lowest BCUT2D eigenvalue weighted by Gasteiger charge is -2.36. The predicted molar refractivity (Wildman–Crippen MR) is 95.2 cm³/mol. The number of alkyl halides is 3. The molecule has 1 saturated carbocycles. The minimum atomic E-state index is -4.32. The van der Waals surface area contributed by atoms with Crippen LogP contribution in [-0.2, 0) is 17.5 Å². The van der Waals surface area contributed by atoms with E-state index in [2.05, 4.69) is 15.5 Å². The number of likely N-dealkylation sites (tertiary alicyclic amines) is 1. The SMILES string of the molecule is COC1CC(NC(=O)NC2CCN(Cc3cccc(C(F)(F)F)c3)CC2)C1. The Morgan fingerprint density at radius 3 is 2.48 bits per heavy atom. The van der Waals surface area contributed by atoms with Crippen LogP contribution in [0.5, 0.6) is 0 Å². The monoisotopic (exact) mass is 385 g/mol. The molecule has 1 saturated heterocycles. The van der Waals surface area contributed by atoms with Crippen LogP contribution in [0.15, 0.2) is 24.3 Å². The van der Waals surface area contributed by atoms with Gasteiger partial charge in [-0.2, -0.15) is 13.2 Å². The van der Waals surface area contributed by atoms with Crippen LogP contribution >= 0.6 is 0 Å². The van der Waals surface area contributed by atoms with E-state index < -0.39 is 11.7 Å². The molecule has 0 aromatic heterocycles. The average Bonchev–Trinajstić information content (AvgIpc) is 2.59. The lowest BCUT2D eigenvalue weighted by molar-refractivity contribution is -0.137. The number of nitrogens with one attached hydrogen (secondary N) is 2. The number of rotatable bonds is 5. The third kappa shape index (κ3) is 5.59. The molecule has 1 aromatic rings. The Kier molecular flexibility index (Phi) is 6.26. The topological polar surface area (TPSA) is 53.6 Å². The third-order valence-electron chi connectivity index (χ3n) is 5.35. The standard InChI is InChI=1S/C19H26F3N3O2/c1-27-17-10-16(11-17)24-18(26)23-15-5-7-25(8-6-15)12-13-3-2-4-14(9-13)19(20,21)22/h2-4,9,15-17H,5-8,10-12H2,1H3,(H2,23,24,26). The van der Waals surface area contributed by atoms with Crippen LogP contribution in [-0.4, -0.2) is 49.3 Å². The molecule has 1 aliphatic heterocycles. The van der Waals surface area contributed by atoms with Crippen LogP contribution in [0.2, 0.25) is 0 Å². The van der Waals surface area contributed by atoms with Gasteiger partial charge in [-0.15, -0.1) is 0 Å². The van der Waals surface area contributed by atoms with Crippen molar-refractivity contribution in [3.05, 3.63) is 35.4 Å². The zero-order valence-corrected chi connectivity index (χ0v) is 15.4. The number of methoxy groups -OCH3 is 1. The second kappa shape index (κ2) is 8.48. The highest BCUT2D eigenvalue weighted by Gasteiger charge is 2.32. The van der Waals surface area contributed by atoms with Crippen molar-refractivity contribution in [2.75, 3.05) is 20.2 Å². The summed E-state index contributed by atoms with van der Waals surface area (Å²) in [5, 5.41) is 5.95. The number of piperidine rings is 1. The van der Waals surface area contributed by atoms with E-state index in [1.54, 1.807) is 13.2 Å². The van der Waals surface area contributed by atoms with Gasteiger partial charge in [-0.25, -0.2) is 4.79 Å². The van der Waals surface area contributed by atoms with E-state index in [4.69, 9.17) is 4.74 Å². The number of hydrogen-bond acceptors (Lipinski definition) is 3. The van der Waals surface area contributed by atoms with Gasteiger partial charge in [-0.05, 0) is 37.3 Å². The largest absolute Gasteiger partial charge is 0.416 e. The molecular formula is C19H26F3N3O2. The van der Waals surface area contributed by atoms with Crippen LogP contribution in [0.4, 0.5) is 18.0 Å². The predicted octanol–water partition coefficient (Wildman–Crippen LogP) is 3.15. The molecule has 2 aliphatic rings. The van der Waals surface area contributed by atoms with Crippen molar-refractivity contribution >= 4 is 6.03 Å². The molecule has 3 rings (SSSR count). The second-order valence-electron chi connectivity index (χ2n) is 7.39. The molecule has 5 nitrogen and oxygen atoms in total. The Labute approximate surface area is 157 Å². The van der Waals surface area contributed by atoms with Crippen LogP contribution in [0.1, 0.15) is 36.8 Å². The summed E-state index contributed by atoms with van der Waals surface area (Å²) in [6.07, 6.45) is -0.799. The van der Waals surface area contributed by atoms with E-state index in [9.17, 15) is 18.0 Å². The molecule has 2 amide bonds. The fourth-order valence-electron chi connectivity index (χ4n) is 3.63. The Hall–Kier alpha value is -1.80. The first kappa shape index (κ1) is 19.9. The lowest BCUT2D eigenvalue weighted by Crippen LogP contribution is -2.54. The summed E-state index contributed by atoms with van der Waals surface area (Å²) in [4.78, 5) is 14.2. The summed E-state index contributed by atoms with van der Waals surface area (Å²) in [5.74, 6) is 0. The second-order valence-corrected chi connectivity index (χ2v) is 7.39. The molecule has 0 unspecified atom stereocenters. The molecular weight excluding hydrogens is 359 g/mol. The van der Waals surface area contributed by atoms with Gasteiger partial charge in [0, 0.05) is 38.8 Å². The van der Waals surface area contributed by atoms with Crippen molar-refractivity contribution < 1.29 is 22.7 Å². The van der Waals surface area contributed by atoms with Gasteiger partial charge in [0.15, 0.2) is 0 Å². The van der Waals surface area contributed by atoms with Crippen molar-refractivity contribution in [3.63, 3.8) is 0 Å². The minimum absolute atomic E-state index is 0.0982. The quantitative estimate of drug-likeness (QED) is 0.819. The van der Waals surface area contributed by atoms with Gasteiger partial charge in [0.2, 0.25) is 0 Å². The highest BCUT2D eigenvalue weighted by molar-refractivity contribution is 5.74. The zero-order chi connectivity index (χ0) is 19.4. The van der Waals surface area contributed by atoms with E-state index in [1.807, 2.05) is 0 Å². The van der Waals surface area contributed by atoms with Crippen LogP contribution in [0.25, 0.3) is 0 Å². The lowest BCUT2D eigenvalue weighted by atomic mass is 9.89. The van der Waals surface area contributed by atoms with Crippen molar-refractivity contribution in [1.82, 2.24) is 15.5 Å². The number of amides is 2. The van der Waals surface area contributed by atoms with Crippen molar-refractivity contribution in [1.29, 1.82) is 0 Å². The summed E-state index contributed by atoms with van der Waals surface area (Å²) in [6.45, 7) is 1.98. The summed E-state index contributed by atoms with van der Waals surface area (Å²) >= 11 is 0. The van der Waals surface area contributed by atoms with E-state index in [0.29, 0.717) is 12.1 Å². The maximum atomic E-state index is 12.8. The Bertz CT molecular complexity index is 639. The fourth-order valence-corrected chi connectivity index (χ4v) is 3.63. The molecule has 1 heterocycles. The maximum Gasteiger partial charge on any atom is 0.416 e. The summed E-state index contributed by atoms with van der Waals surface area (Å²) in [5.41, 5.74) is 0.0478. The van der Waals surface area contributed by atoms with Gasteiger partial charge in [0.1, 0.15) is 0 Å². The van der Waals surface area contributed by atoms with Gasteiger partial charge >= 0.3 is 12.2 Å². The van der Waals surface area contributed by atoms with Gasteiger partial charge < -0.3 is 15.4 Å². The normalized spacial score (nSPS) is 24.3. The number of hydrogen-bond donors (Lipinski definition) is 2. The molecule has 0 spiro atoms. The van der Waals surface area contributed by atoms with Gasteiger partial charge in [0.25, 0.3) is 0 Å². The molecule has 1 aromatic carbocycles. The van der Waals surface area contributed by atoms with Gasteiger partial charge in [-0.3, -0.25) is 4.90 Å². The molecule has 2 fully saturated rings. The Morgan fingerprint density at radius 1 is 1.19 bits per heavy atom. The van der Waals surface area contributed by atoms with E-state index >= 15 is 0 Å².